The Kier molecular flexibility index (Phi) is 4.16. The topological polar surface area (TPSA) is 31.2 Å². The Hall–Kier alpha value is -1.51. The monoisotopic (exact) mass is 235 g/mol. The summed E-state index contributed by atoms with van der Waals surface area (Å²) < 4.78 is 6.89. The number of rotatable bonds is 2. The maximum absolute atomic E-state index is 11.9. The van der Waals surface area contributed by atoms with Gasteiger partial charge in [0.15, 0.2) is 0 Å². The third-order valence-corrected chi connectivity index (χ3v) is 2.14. The van der Waals surface area contributed by atoms with E-state index in [1.54, 1.807) is 10.8 Å². The molecule has 94 valence electrons. The number of nitrogens with zero attached hydrogens (tertiary/aromatic N) is 1. The van der Waals surface area contributed by atoms with Crippen LogP contribution in [0.1, 0.15) is 40.3 Å². The molecule has 0 radical (unpaired) electrons. The molecule has 0 aliphatic carbocycles. The number of ether oxygens (including phenoxy) is 1. The van der Waals surface area contributed by atoms with Gasteiger partial charge >= 0.3 is 6.09 Å². The largest absolute Gasteiger partial charge is 0.443 e. The summed E-state index contributed by atoms with van der Waals surface area (Å²) in [7, 11) is 0. The van der Waals surface area contributed by atoms with Crippen molar-refractivity contribution in [2.45, 2.75) is 46.6 Å². The summed E-state index contributed by atoms with van der Waals surface area (Å²) in [5.74, 6) is 0. The van der Waals surface area contributed by atoms with Crippen LogP contribution in [0.3, 0.4) is 0 Å². The van der Waals surface area contributed by atoms with Gasteiger partial charge in [-0.25, -0.2) is 4.79 Å². The quantitative estimate of drug-likeness (QED) is 0.730. The highest BCUT2D eigenvalue weighted by Gasteiger charge is 2.18. The van der Waals surface area contributed by atoms with Crippen LogP contribution in [0.15, 0.2) is 30.0 Å². The van der Waals surface area contributed by atoms with Crippen LogP contribution in [0.4, 0.5) is 4.79 Å². The molecule has 1 aromatic rings. The smallest absolute Gasteiger partial charge is 0.418 e. The number of allylic oxidation sites excluding steroid dienone is 2. The lowest BCUT2D eigenvalue weighted by atomic mass is 10.2. The predicted octanol–water partition coefficient (Wildman–Crippen LogP) is 3.78. The van der Waals surface area contributed by atoms with E-state index < -0.39 is 5.60 Å². The maximum atomic E-state index is 11.9. The van der Waals surface area contributed by atoms with Crippen LogP contribution in [-0.2, 0) is 11.2 Å². The Morgan fingerprint density at radius 2 is 2.06 bits per heavy atom. The van der Waals surface area contributed by atoms with Crippen molar-refractivity contribution >= 4 is 6.09 Å². The van der Waals surface area contributed by atoms with Gasteiger partial charge in [0.2, 0.25) is 0 Å². The van der Waals surface area contributed by atoms with Gasteiger partial charge in [0, 0.05) is 18.3 Å². The molecule has 1 rings (SSSR count). The van der Waals surface area contributed by atoms with Crippen LogP contribution in [0.2, 0.25) is 0 Å². The van der Waals surface area contributed by atoms with Crippen LogP contribution in [0, 0.1) is 0 Å². The molecule has 0 saturated heterocycles. The molecule has 0 N–H and O–H groups in total. The van der Waals surface area contributed by atoms with Gasteiger partial charge in [-0.05, 0) is 46.8 Å². The van der Waals surface area contributed by atoms with Gasteiger partial charge in [-0.3, -0.25) is 4.57 Å². The number of aromatic nitrogens is 1. The first-order chi connectivity index (χ1) is 7.79. The summed E-state index contributed by atoms with van der Waals surface area (Å²) in [5, 5.41) is 0. The van der Waals surface area contributed by atoms with Gasteiger partial charge in [-0.15, -0.1) is 0 Å². The standard InChI is InChI=1S/C14H21NO2/c1-11(2)8-9-12-7-6-10-15(12)13(16)17-14(3,4)5/h6-8,10H,9H2,1-5H3. The van der Waals surface area contributed by atoms with Crippen LogP contribution in [0.5, 0.6) is 0 Å². The van der Waals surface area contributed by atoms with Crippen molar-refractivity contribution < 1.29 is 9.53 Å². The van der Waals surface area contributed by atoms with Crippen LogP contribution >= 0.6 is 0 Å². The van der Waals surface area contributed by atoms with Gasteiger partial charge in [0.05, 0.1) is 0 Å². The fraction of sp³-hybridized carbons (Fsp3) is 0.500. The molecule has 0 atom stereocenters. The maximum Gasteiger partial charge on any atom is 0.418 e. The third kappa shape index (κ3) is 4.47. The molecule has 0 aliphatic heterocycles. The highest BCUT2D eigenvalue weighted by atomic mass is 16.6. The molecule has 17 heavy (non-hydrogen) atoms. The zero-order valence-corrected chi connectivity index (χ0v) is 11.3. The van der Waals surface area contributed by atoms with Crippen molar-refractivity contribution in [1.82, 2.24) is 4.57 Å². The number of hydrogen-bond acceptors (Lipinski definition) is 2. The normalized spacial score (nSPS) is 11.1. The second-order valence-corrected chi connectivity index (χ2v) is 5.34. The van der Waals surface area contributed by atoms with Crippen molar-refractivity contribution in [3.63, 3.8) is 0 Å². The summed E-state index contributed by atoms with van der Waals surface area (Å²) in [6, 6.07) is 3.79. The lowest BCUT2D eigenvalue weighted by Crippen LogP contribution is -2.27. The molecule has 3 heteroatoms. The van der Waals surface area contributed by atoms with Gasteiger partial charge in [0.1, 0.15) is 5.60 Å². The summed E-state index contributed by atoms with van der Waals surface area (Å²) >= 11 is 0. The van der Waals surface area contributed by atoms with E-state index >= 15 is 0 Å². The number of carbonyl (C=O) groups is 1. The zero-order chi connectivity index (χ0) is 13.1. The van der Waals surface area contributed by atoms with Crippen molar-refractivity contribution in [3.05, 3.63) is 35.7 Å². The third-order valence-electron chi connectivity index (χ3n) is 2.14. The lowest BCUT2D eigenvalue weighted by Gasteiger charge is -2.20. The number of hydrogen-bond donors (Lipinski definition) is 0. The summed E-state index contributed by atoms with van der Waals surface area (Å²) in [5.41, 5.74) is 1.72. The molecule has 0 bridgehead atoms. The van der Waals surface area contributed by atoms with Gasteiger partial charge < -0.3 is 4.74 Å². The molecule has 1 aromatic heterocycles. The molecule has 0 amide bonds. The van der Waals surface area contributed by atoms with E-state index in [2.05, 4.69) is 6.08 Å². The van der Waals surface area contributed by atoms with E-state index in [1.165, 1.54) is 5.57 Å². The molecule has 3 nitrogen and oxygen atoms in total. The second kappa shape index (κ2) is 5.21. The van der Waals surface area contributed by atoms with E-state index in [-0.39, 0.29) is 6.09 Å². The Morgan fingerprint density at radius 1 is 1.41 bits per heavy atom. The first kappa shape index (κ1) is 13.6. The molecule has 0 spiro atoms. The van der Waals surface area contributed by atoms with Gasteiger partial charge in [0.25, 0.3) is 0 Å². The molecule has 0 saturated carbocycles. The second-order valence-electron chi connectivity index (χ2n) is 5.34. The highest BCUT2D eigenvalue weighted by molar-refractivity contribution is 5.72. The lowest BCUT2D eigenvalue weighted by molar-refractivity contribution is 0.0533. The summed E-state index contributed by atoms with van der Waals surface area (Å²) in [6.07, 6.45) is 4.26. The Balaban J connectivity index is 2.81. The van der Waals surface area contributed by atoms with Gasteiger partial charge in [-0.1, -0.05) is 11.6 Å². The van der Waals surface area contributed by atoms with E-state index in [1.807, 2.05) is 46.8 Å². The first-order valence-electron chi connectivity index (χ1n) is 5.82. The zero-order valence-electron chi connectivity index (χ0n) is 11.3. The number of carbonyl (C=O) groups excluding carboxylic acids is 1. The average Bonchev–Trinajstić information content (AvgIpc) is 2.59. The Morgan fingerprint density at radius 3 is 2.59 bits per heavy atom. The molecule has 0 aromatic carbocycles. The molecular weight excluding hydrogens is 214 g/mol. The van der Waals surface area contributed by atoms with Crippen LogP contribution in [0.25, 0.3) is 0 Å². The van der Waals surface area contributed by atoms with E-state index in [9.17, 15) is 4.79 Å². The predicted molar refractivity (Wildman–Crippen MR) is 69.2 cm³/mol. The van der Waals surface area contributed by atoms with Crippen LogP contribution in [-0.4, -0.2) is 16.3 Å². The fourth-order valence-corrected chi connectivity index (χ4v) is 1.38. The fourth-order valence-electron chi connectivity index (χ4n) is 1.38. The molecular formula is C14H21NO2. The minimum absolute atomic E-state index is 0.320. The van der Waals surface area contributed by atoms with E-state index in [0.717, 1.165) is 12.1 Å². The first-order valence-corrected chi connectivity index (χ1v) is 5.82. The van der Waals surface area contributed by atoms with E-state index in [4.69, 9.17) is 4.74 Å². The van der Waals surface area contributed by atoms with E-state index in [0.29, 0.717) is 0 Å². The van der Waals surface area contributed by atoms with Crippen LogP contribution < -0.4 is 0 Å². The minimum atomic E-state index is -0.463. The molecule has 0 fully saturated rings. The van der Waals surface area contributed by atoms with Crippen molar-refractivity contribution in [1.29, 1.82) is 0 Å². The van der Waals surface area contributed by atoms with Gasteiger partial charge in [-0.2, -0.15) is 0 Å². The highest BCUT2D eigenvalue weighted by Crippen LogP contribution is 2.12. The Labute approximate surface area is 103 Å². The summed E-state index contributed by atoms with van der Waals surface area (Å²) in [6.45, 7) is 9.68. The minimum Gasteiger partial charge on any atom is -0.443 e. The van der Waals surface area contributed by atoms with Crippen molar-refractivity contribution in [2.24, 2.45) is 0 Å². The Bertz CT molecular complexity index is 418. The van der Waals surface area contributed by atoms with Crippen molar-refractivity contribution in [2.75, 3.05) is 0 Å². The molecule has 0 aliphatic rings. The summed E-state index contributed by atoms with van der Waals surface area (Å²) in [4.78, 5) is 11.9. The molecule has 0 unspecified atom stereocenters. The van der Waals surface area contributed by atoms with Crippen molar-refractivity contribution in [3.8, 4) is 0 Å². The molecule has 1 heterocycles. The average molecular weight is 235 g/mol. The SMILES string of the molecule is CC(C)=CCc1cccn1C(=O)OC(C)(C)C.